The number of benzene rings is 1. The first-order chi connectivity index (χ1) is 12.1. The summed E-state index contributed by atoms with van der Waals surface area (Å²) in [6, 6.07) is 8.97. The summed E-state index contributed by atoms with van der Waals surface area (Å²) in [7, 11) is 0. The number of anilines is 1. The highest BCUT2D eigenvalue weighted by Crippen LogP contribution is 2.34. The van der Waals surface area contributed by atoms with Crippen molar-refractivity contribution < 1.29 is 13.9 Å². The maximum absolute atomic E-state index is 12.7. The van der Waals surface area contributed by atoms with E-state index in [1.165, 1.54) is 11.3 Å². The van der Waals surface area contributed by atoms with Gasteiger partial charge in [-0.15, -0.1) is 21.5 Å². The smallest absolute Gasteiger partial charge is 0.259 e. The number of carbonyl (C=O) groups is 1. The third-order valence-corrected chi connectivity index (χ3v) is 4.38. The standard InChI is InChI=1S/C18H19N3O3S/c1-4-23-14-8-6-5-7-12(14)16(22)19-13-9-10-25-15(13)18-21-20-17(24-18)11(2)3/h5-11H,4H2,1-3H3,(H,19,22). The number of amides is 1. The summed E-state index contributed by atoms with van der Waals surface area (Å²) < 4.78 is 11.2. The minimum absolute atomic E-state index is 0.150. The van der Waals surface area contributed by atoms with E-state index in [0.717, 1.165) is 4.88 Å². The quantitative estimate of drug-likeness (QED) is 0.699. The van der Waals surface area contributed by atoms with Gasteiger partial charge in [0.25, 0.3) is 11.8 Å². The Bertz CT molecular complexity index is 870. The molecule has 0 saturated heterocycles. The van der Waals surface area contributed by atoms with E-state index >= 15 is 0 Å². The van der Waals surface area contributed by atoms with Crippen LogP contribution in [0.2, 0.25) is 0 Å². The average Bonchev–Trinajstić information content (AvgIpc) is 3.24. The van der Waals surface area contributed by atoms with Crippen LogP contribution < -0.4 is 10.1 Å². The van der Waals surface area contributed by atoms with E-state index in [1.807, 2.05) is 38.3 Å². The predicted molar refractivity (Wildman–Crippen MR) is 97.3 cm³/mol. The molecule has 0 aliphatic rings. The fourth-order valence-electron chi connectivity index (χ4n) is 2.26. The SMILES string of the molecule is CCOc1ccccc1C(=O)Nc1ccsc1-c1nnc(C(C)C)o1. The van der Waals surface area contributed by atoms with Gasteiger partial charge in [-0.1, -0.05) is 26.0 Å². The molecule has 1 N–H and O–H groups in total. The van der Waals surface area contributed by atoms with Crippen LogP contribution in [0.15, 0.2) is 40.1 Å². The summed E-state index contributed by atoms with van der Waals surface area (Å²) in [4.78, 5) is 13.4. The average molecular weight is 357 g/mol. The molecule has 0 saturated carbocycles. The Labute approximate surface area is 149 Å². The van der Waals surface area contributed by atoms with Crippen LogP contribution in [0.1, 0.15) is 42.9 Å². The second-order valence-electron chi connectivity index (χ2n) is 5.65. The summed E-state index contributed by atoms with van der Waals surface area (Å²) in [5, 5.41) is 12.9. The van der Waals surface area contributed by atoms with Gasteiger partial charge in [0.2, 0.25) is 5.89 Å². The molecule has 0 unspecified atom stereocenters. The molecular weight excluding hydrogens is 338 g/mol. The first-order valence-corrected chi connectivity index (χ1v) is 8.92. The summed E-state index contributed by atoms with van der Waals surface area (Å²) in [5.41, 5.74) is 1.12. The normalized spacial score (nSPS) is 10.9. The first-order valence-electron chi connectivity index (χ1n) is 8.04. The van der Waals surface area contributed by atoms with E-state index in [0.29, 0.717) is 35.4 Å². The van der Waals surface area contributed by atoms with Crippen molar-refractivity contribution in [3.8, 4) is 16.5 Å². The van der Waals surface area contributed by atoms with Crippen LogP contribution in [0.3, 0.4) is 0 Å². The molecule has 0 aliphatic heterocycles. The molecule has 0 aliphatic carbocycles. The Kier molecular flexibility index (Phi) is 5.14. The molecule has 0 spiro atoms. The van der Waals surface area contributed by atoms with Gasteiger partial charge in [0, 0.05) is 5.92 Å². The lowest BCUT2D eigenvalue weighted by Gasteiger charge is -2.10. The van der Waals surface area contributed by atoms with Crippen molar-refractivity contribution in [3.63, 3.8) is 0 Å². The number of ether oxygens (including phenoxy) is 1. The topological polar surface area (TPSA) is 77.2 Å². The zero-order valence-corrected chi connectivity index (χ0v) is 15.1. The van der Waals surface area contributed by atoms with Gasteiger partial charge in [-0.25, -0.2) is 0 Å². The number of nitrogens with one attached hydrogen (secondary N) is 1. The van der Waals surface area contributed by atoms with Crippen molar-refractivity contribution in [2.45, 2.75) is 26.7 Å². The second kappa shape index (κ2) is 7.48. The third-order valence-electron chi connectivity index (χ3n) is 3.47. The van der Waals surface area contributed by atoms with Gasteiger partial charge in [0.15, 0.2) is 0 Å². The van der Waals surface area contributed by atoms with Gasteiger partial charge in [-0.2, -0.15) is 0 Å². The Hall–Kier alpha value is -2.67. The molecule has 6 nitrogen and oxygen atoms in total. The Balaban J connectivity index is 1.85. The van der Waals surface area contributed by atoms with Gasteiger partial charge < -0.3 is 14.5 Å². The van der Waals surface area contributed by atoms with Crippen LogP contribution in [-0.4, -0.2) is 22.7 Å². The molecule has 1 amide bonds. The molecule has 7 heteroatoms. The lowest BCUT2D eigenvalue weighted by molar-refractivity contribution is 0.102. The molecule has 130 valence electrons. The van der Waals surface area contributed by atoms with E-state index < -0.39 is 0 Å². The van der Waals surface area contributed by atoms with Crippen molar-refractivity contribution in [1.82, 2.24) is 10.2 Å². The molecule has 25 heavy (non-hydrogen) atoms. The molecule has 0 bridgehead atoms. The molecular formula is C18H19N3O3S. The zero-order chi connectivity index (χ0) is 17.8. The van der Waals surface area contributed by atoms with Crippen LogP contribution in [0.4, 0.5) is 5.69 Å². The van der Waals surface area contributed by atoms with Gasteiger partial charge >= 0.3 is 0 Å². The van der Waals surface area contributed by atoms with Gasteiger partial charge in [0.1, 0.15) is 10.6 Å². The third kappa shape index (κ3) is 3.71. The van der Waals surface area contributed by atoms with Crippen LogP contribution in [0.25, 0.3) is 10.8 Å². The van der Waals surface area contributed by atoms with E-state index in [-0.39, 0.29) is 11.8 Å². The molecule has 0 radical (unpaired) electrons. The first kappa shape index (κ1) is 17.2. The Morgan fingerprint density at radius 1 is 1.28 bits per heavy atom. The molecule has 1 aromatic carbocycles. The number of rotatable bonds is 6. The number of thiophene rings is 1. The molecule has 3 rings (SSSR count). The Morgan fingerprint density at radius 3 is 2.80 bits per heavy atom. The fraction of sp³-hybridized carbons (Fsp3) is 0.278. The number of nitrogens with zero attached hydrogens (tertiary/aromatic N) is 2. The molecule has 3 aromatic rings. The number of aromatic nitrogens is 2. The highest BCUT2D eigenvalue weighted by molar-refractivity contribution is 7.14. The molecule has 2 aromatic heterocycles. The van der Waals surface area contributed by atoms with E-state index in [2.05, 4.69) is 15.5 Å². The number of carbonyl (C=O) groups excluding carboxylic acids is 1. The summed E-state index contributed by atoms with van der Waals surface area (Å²) in [5.74, 6) is 1.44. The largest absolute Gasteiger partial charge is 0.493 e. The minimum Gasteiger partial charge on any atom is -0.493 e. The highest BCUT2D eigenvalue weighted by atomic mass is 32.1. The van der Waals surface area contributed by atoms with Crippen LogP contribution >= 0.6 is 11.3 Å². The fourth-order valence-corrected chi connectivity index (χ4v) is 3.03. The van der Waals surface area contributed by atoms with Crippen molar-refractivity contribution >= 4 is 22.9 Å². The molecule has 0 fully saturated rings. The van der Waals surface area contributed by atoms with Crippen LogP contribution in [0.5, 0.6) is 5.75 Å². The van der Waals surface area contributed by atoms with Crippen molar-refractivity contribution in [3.05, 3.63) is 47.2 Å². The van der Waals surface area contributed by atoms with E-state index in [4.69, 9.17) is 9.15 Å². The van der Waals surface area contributed by atoms with Gasteiger partial charge in [-0.05, 0) is 30.5 Å². The maximum Gasteiger partial charge on any atom is 0.259 e. The number of hydrogen-bond acceptors (Lipinski definition) is 6. The summed E-state index contributed by atoms with van der Waals surface area (Å²) in [6.45, 7) is 6.35. The second-order valence-corrected chi connectivity index (χ2v) is 6.56. The lowest BCUT2D eigenvalue weighted by Crippen LogP contribution is -2.13. The van der Waals surface area contributed by atoms with Crippen LogP contribution in [-0.2, 0) is 0 Å². The number of hydrogen-bond donors (Lipinski definition) is 1. The minimum atomic E-state index is -0.243. The summed E-state index contributed by atoms with van der Waals surface area (Å²) >= 11 is 1.44. The number of para-hydroxylation sites is 1. The maximum atomic E-state index is 12.7. The summed E-state index contributed by atoms with van der Waals surface area (Å²) in [6.07, 6.45) is 0. The highest BCUT2D eigenvalue weighted by Gasteiger charge is 2.19. The molecule has 2 heterocycles. The zero-order valence-electron chi connectivity index (χ0n) is 14.3. The lowest BCUT2D eigenvalue weighted by atomic mass is 10.2. The van der Waals surface area contributed by atoms with Crippen molar-refractivity contribution in [2.24, 2.45) is 0 Å². The monoisotopic (exact) mass is 357 g/mol. The Morgan fingerprint density at radius 2 is 2.08 bits per heavy atom. The van der Waals surface area contributed by atoms with E-state index in [9.17, 15) is 4.79 Å². The predicted octanol–water partition coefficient (Wildman–Crippen LogP) is 4.57. The van der Waals surface area contributed by atoms with Gasteiger partial charge in [0.05, 0.1) is 17.9 Å². The van der Waals surface area contributed by atoms with Crippen LogP contribution in [0, 0.1) is 0 Å². The van der Waals surface area contributed by atoms with E-state index in [1.54, 1.807) is 18.2 Å². The van der Waals surface area contributed by atoms with Crippen molar-refractivity contribution in [1.29, 1.82) is 0 Å². The molecule has 0 atom stereocenters. The van der Waals surface area contributed by atoms with Crippen molar-refractivity contribution in [2.75, 3.05) is 11.9 Å². The van der Waals surface area contributed by atoms with Gasteiger partial charge in [-0.3, -0.25) is 4.79 Å².